The number of hydrogen-bond donors (Lipinski definition) is 1. The molecule has 0 spiro atoms. The van der Waals surface area contributed by atoms with Gasteiger partial charge >= 0.3 is 0 Å². The van der Waals surface area contributed by atoms with Crippen molar-refractivity contribution >= 4 is 11.9 Å². The van der Waals surface area contributed by atoms with Crippen LogP contribution in [0.25, 0.3) is 6.08 Å². The number of Topliss-reactive ketones (excluding diaryl/α,β-unsaturated/α-hetero) is 1. The summed E-state index contributed by atoms with van der Waals surface area (Å²) in [5.74, 6) is 0.116. The molecule has 0 fully saturated rings. The molecule has 0 amide bonds. The maximum absolute atomic E-state index is 11.2. The first-order valence-electron chi connectivity index (χ1n) is 5.13. The number of hydrogen-bond acceptors (Lipinski definition) is 2. The quantitative estimate of drug-likeness (QED) is 0.764. The van der Waals surface area contributed by atoms with Crippen LogP contribution in [-0.4, -0.2) is 12.3 Å². The number of carbonyl (C=O) groups is 1. The van der Waals surface area contributed by atoms with Gasteiger partial charge in [-0.15, -0.1) is 0 Å². The Hall–Kier alpha value is -1.41. The zero-order valence-corrected chi connectivity index (χ0v) is 9.29. The summed E-state index contributed by atoms with van der Waals surface area (Å²) >= 11 is 0. The van der Waals surface area contributed by atoms with E-state index in [1.807, 2.05) is 37.3 Å². The topological polar surface area (TPSA) is 43.1 Å². The molecule has 1 rings (SSSR count). The van der Waals surface area contributed by atoms with Crippen LogP contribution in [0, 0.1) is 6.92 Å². The van der Waals surface area contributed by atoms with Crippen molar-refractivity contribution in [1.29, 1.82) is 0 Å². The molecule has 0 unspecified atom stereocenters. The van der Waals surface area contributed by atoms with Gasteiger partial charge in [0.25, 0.3) is 0 Å². The Kier molecular flexibility index (Phi) is 4.25. The second-order valence-electron chi connectivity index (χ2n) is 3.61. The highest BCUT2D eigenvalue weighted by Gasteiger charge is 2.02. The van der Waals surface area contributed by atoms with Crippen LogP contribution in [0.1, 0.15) is 34.8 Å². The first-order valence-corrected chi connectivity index (χ1v) is 5.13. The van der Waals surface area contributed by atoms with Gasteiger partial charge in [-0.2, -0.15) is 0 Å². The number of rotatable bonds is 4. The van der Waals surface area contributed by atoms with Gasteiger partial charge in [0, 0.05) is 5.56 Å². The van der Waals surface area contributed by atoms with Crippen molar-refractivity contribution in [2.75, 3.05) is 6.54 Å². The number of nitrogens with two attached hydrogens (primary N) is 1. The molecule has 0 heterocycles. The number of carbonyl (C=O) groups excluding carboxylic acids is 1. The van der Waals surface area contributed by atoms with Crippen molar-refractivity contribution in [3.63, 3.8) is 0 Å². The molecule has 80 valence electrons. The molecular weight excluding hydrogens is 186 g/mol. The first-order chi connectivity index (χ1) is 7.15. The SMILES string of the molecule is CC(=O)c1ccc(C=CCCN)cc1C. The Bertz CT molecular complexity index is 380. The minimum Gasteiger partial charge on any atom is -0.330 e. The summed E-state index contributed by atoms with van der Waals surface area (Å²) in [6.45, 7) is 4.21. The van der Waals surface area contributed by atoms with E-state index in [-0.39, 0.29) is 5.78 Å². The van der Waals surface area contributed by atoms with Crippen LogP contribution in [-0.2, 0) is 0 Å². The number of ketones is 1. The fourth-order valence-corrected chi connectivity index (χ4v) is 1.50. The van der Waals surface area contributed by atoms with E-state index in [1.54, 1.807) is 6.92 Å². The Labute approximate surface area is 90.8 Å². The monoisotopic (exact) mass is 203 g/mol. The van der Waals surface area contributed by atoms with Gasteiger partial charge in [0.05, 0.1) is 0 Å². The van der Waals surface area contributed by atoms with Crippen LogP contribution in [0.2, 0.25) is 0 Å². The highest BCUT2D eigenvalue weighted by atomic mass is 16.1. The predicted molar refractivity (Wildman–Crippen MR) is 63.9 cm³/mol. The van der Waals surface area contributed by atoms with E-state index in [9.17, 15) is 4.79 Å². The molecule has 1 aromatic rings. The van der Waals surface area contributed by atoms with Gasteiger partial charge in [-0.25, -0.2) is 0 Å². The molecule has 15 heavy (non-hydrogen) atoms. The second-order valence-corrected chi connectivity index (χ2v) is 3.61. The molecule has 0 saturated heterocycles. The molecule has 2 heteroatoms. The lowest BCUT2D eigenvalue weighted by atomic mass is 10.0. The van der Waals surface area contributed by atoms with Crippen molar-refractivity contribution in [3.05, 3.63) is 41.0 Å². The lowest BCUT2D eigenvalue weighted by molar-refractivity contribution is 0.101. The fraction of sp³-hybridized carbons (Fsp3) is 0.308. The molecule has 0 atom stereocenters. The molecule has 0 aliphatic rings. The lowest BCUT2D eigenvalue weighted by Crippen LogP contribution is -1.96. The van der Waals surface area contributed by atoms with Crippen molar-refractivity contribution < 1.29 is 4.79 Å². The Morgan fingerprint density at radius 2 is 2.20 bits per heavy atom. The third-order valence-electron chi connectivity index (χ3n) is 2.27. The standard InChI is InChI=1S/C13H17NO/c1-10-9-12(5-3-4-8-14)6-7-13(10)11(2)15/h3,5-7,9H,4,8,14H2,1-2H3. The molecule has 2 nitrogen and oxygen atoms in total. The third kappa shape index (κ3) is 3.33. The molecule has 0 aromatic heterocycles. The van der Waals surface area contributed by atoms with E-state index in [4.69, 9.17) is 5.73 Å². The highest BCUT2D eigenvalue weighted by Crippen LogP contribution is 2.13. The predicted octanol–water partition coefficient (Wildman–Crippen LogP) is 2.56. The molecule has 2 N–H and O–H groups in total. The molecule has 0 saturated carbocycles. The summed E-state index contributed by atoms with van der Waals surface area (Å²) in [7, 11) is 0. The Morgan fingerprint density at radius 1 is 1.47 bits per heavy atom. The minimum atomic E-state index is 0.116. The van der Waals surface area contributed by atoms with Crippen LogP contribution in [0.3, 0.4) is 0 Å². The molecule has 0 bridgehead atoms. The van der Waals surface area contributed by atoms with Gasteiger partial charge in [0.2, 0.25) is 0 Å². The summed E-state index contributed by atoms with van der Waals surface area (Å²) in [4.78, 5) is 11.2. The van der Waals surface area contributed by atoms with Gasteiger partial charge in [0.1, 0.15) is 0 Å². The molecule has 0 aliphatic carbocycles. The van der Waals surface area contributed by atoms with E-state index in [0.29, 0.717) is 6.54 Å². The maximum atomic E-state index is 11.2. The van der Waals surface area contributed by atoms with Gasteiger partial charge < -0.3 is 5.73 Å². The second kappa shape index (κ2) is 5.47. The van der Waals surface area contributed by atoms with Crippen molar-refractivity contribution in [3.8, 4) is 0 Å². The van der Waals surface area contributed by atoms with Crippen LogP contribution in [0.15, 0.2) is 24.3 Å². The summed E-state index contributed by atoms with van der Waals surface area (Å²) in [5, 5.41) is 0. The van der Waals surface area contributed by atoms with E-state index >= 15 is 0 Å². The number of benzene rings is 1. The van der Waals surface area contributed by atoms with Gasteiger partial charge in [0.15, 0.2) is 5.78 Å². The molecular formula is C13H17NO. The van der Waals surface area contributed by atoms with Crippen molar-refractivity contribution in [2.24, 2.45) is 5.73 Å². The summed E-state index contributed by atoms with van der Waals surface area (Å²) in [6.07, 6.45) is 4.96. The lowest BCUT2D eigenvalue weighted by Gasteiger charge is -2.02. The van der Waals surface area contributed by atoms with Crippen LogP contribution in [0.5, 0.6) is 0 Å². The van der Waals surface area contributed by atoms with E-state index in [0.717, 1.165) is 23.1 Å². The van der Waals surface area contributed by atoms with E-state index in [1.165, 1.54) is 0 Å². The van der Waals surface area contributed by atoms with Crippen molar-refractivity contribution in [2.45, 2.75) is 20.3 Å². The van der Waals surface area contributed by atoms with Crippen LogP contribution in [0.4, 0.5) is 0 Å². The third-order valence-corrected chi connectivity index (χ3v) is 2.27. The Balaban J connectivity index is 2.87. The van der Waals surface area contributed by atoms with E-state index < -0.39 is 0 Å². The van der Waals surface area contributed by atoms with Gasteiger partial charge in [-0.3, -0.25) is 4.79 Å². The molecule has 0 radical (unpaired) electrons. The highest BCUT2D eigenvalue weighted by molar-refractivity contribution is 5.95. The average molecular weight is 203 g/mol. The summed E-state index contributed by atoms with van der Waals surface area (Å²) < 4.78 is 0. The summed E-state index contributed by atoms with van der Waals surface area (Å²) in [6, 6.07) is 5.85. The first kappa shape index (κ1) is 11.7. The summed E-state index contributed by atoms with van der Waals surface area (Å²) in [5.41, 5.74) is 8.33. The van der Waals surface area contributed by atoms with Crippen molar-refractivity contribution in [1.82, 2.24) is 0 Å². The van der Waals surface area contributed by atoms with Gasteiger partial charge in [-0.1, -0.05) is 30.4 Å². The minimum absolute atomic E-state index is 0.116. The fourth-order valence-electron chi connectivity index (χ4n) is 1.50. The molecule has 0 aliphatic heterocycles. The van der Waals surface area contributed by atoms with Gasteiger partial charge in [-0.05, 0) is 37.9 Å². The van der Waals surface area contributed by atoms with Crippen LogP contribution < -0.4 is 5.73 Å². The zero-order chi connectivity index (χ0) is 11.3. The Morgan fingerprint density at radius 3 is 2.73 bits per heavy atom. The zero-order valence-electron chi connectivity index (χ0n) is 9.29. The van der Waals surface area contributed by atoms with E-state index in [2.05, 4.69) is 0 Å². The smallest absolute Gasteiger partial charge is 0.160 e. The normalized spacial score (nSPS) is 10.9. The average Bonchev–Trinajstić information content (AvgIpc) is 2.17. The van der Waals surface area contributed by atoms with Crippen LogP contribution >= 0.6 is 0 Å². The largest absolute Gasteiger partial charge is 0.330 e. The maximum Gasteiger partial charge on any atom is 0.160 e. The number of aryl methyl sites for hydroxylation is 1. The molecule has 1 aromatic carbocycles.